The number of hydrogen-bond donors (Lipinski definition) is 0. The smallest absolute Gasteiger partial charge is 0.0655 e. The van der Waals surface area contributed by atoms with Crippen LogP contribution in [-0.4, -0.2) is 25.4 Å². The molecule has 1 saturated carbocycles. The summed E-state index contributed by atoms with van der Waals surface area (Å²) in [6, 6.07) is 8.72. The number of fused-ring (bicyclic) bond motifs is 2. The Morgan fingerprint density at radius 3 is 1.88 bits per heavy atom. The monoisotopic (exact) mass is 324 g/mol. The second-order valence-electron chi connectivity index (χ2n) is 7.44. The molecule has 2 atom stereocenters. The van der Waals surface area contributed by atoms with E-state index in [1.807, 2.05) is 0 Å². The largest absolute Gasteiger partial charge is 0.378 e. The molecule has 128 valence electrons. The van der Waals surface area contributed by atoms with Crippen molar-refractivity contribution in [3.8, 4) is 0 Å². The van der Waals surface area contributed by atoms with E-state index in [2.05, 4.69) is 48.6 Å². The first-order chi connectivity index (χ1) is 11.9. The molecule has 1 fully saturated rings. The van der Waals surface area contributed by atoms with Crippen LogP contribution in [0.15, 0.2) is 48.6 Å². The predicted molar refractivity (Wildman–Crippen MR) is 97.1 cm³/mol. The van der Waals surface area contributed by atoms with Gasteiger partial charge in [-0.1, -0.05) is 48.6 Å². The lowest BCUT2D eigenvalue weighted by atomic mass is 9.92. The molecular weight excluding hydrogens is 296 g/mol. The number of unbranched alkanes of at least 4 members (excludes halogenated alkanes) is 1. The van der Waals surface area contributed by atoms with E-state index >= 15 is 0 Å². The van der Waals surface area contributed by atoms with Crippen molar-refractivity contribution in [1.29, 1.82) is 0 Å². The van der Waals surface area contributed by atoms with E-state index < -0.39 is 0 Å². The van der Waals surface area contributed by atoms with Crippen molar-refractivity contribution in [2.45, 2.75) is 50.7 Å². The lowest BCUT2D eigenvalue weighted by Crippen LogP contribution is -2.14. The third kappa shape index (κ3) is 3.81. The quantitative estimate of drug-likeness (QED) is 0.688. The zero-order chi connectivity index (χ0) is 16.2. The van der Waals surface area contributed by atoms with Gasteiger partial charge in [0.2, 0.25) is 0 Å². The van der Waals surface area contributed by atoms with Gasteiger partial charge in [0.1, 0.15) is 0 Å². The van der Waals surface area contributed by atoms with E-state index in [-0.39, 0.29) is 0 Å². The summed E-state index contributed by atoms with van der Waals surface area (Å²) in [6.45, 7) is 1.75. The number of ether oxygens (including phenoxy) is 2. The van der Waals surface area contributed by atoms with Gasteiger partial charge in [0.05, 0.1) is 12.2 Å². The topological polar surface area (TPSA) is 18.5 Å². The summed E-state index contributed by atoms with van der Waals surface area (Å²) in [5, 5.41) is 0. The number of benzene rings is 1. The van der Waals surface area contributed by atoms with E-state index in [1.54, 1.807) is 0 Å². The van der Waals surface area contributed by atoms with Crippen LogP contribution >= 0.6 is 0 Å². The Hall–Kier alpha value is -1.38. The average Bonchev–Trinajstić information content (AvgIpc) is 3.20. The molecule has 0 aliphatic heterocycles. The van der Waals surface area contributed by atoms with Gasteiger partial charge in [0.15, 0.2) is 0 Å². The summed E-state index contributed by atoms with van der Waals surface area (Å²) in [7, 11) is 0. The van der Waals surface area contributed by atoms with Crippen molar-refractivity contribution in [2.24, 2.45) is 11.8 Å². The van der Waals surface area contributed by atoms with Crippen molar-refractivity contribution in [2.75, 3.05) is 13.2 Å². The van der Waals surface area contributed by atoms with Gasteiger partial charge in [0, 0.05) is 13.2 Å². The minimum absolute atomic E-state index is 0.389. The molecule has 0 amide bonds. The highest BCUT2D eigenvalue weighted by Crippen LogP contribution is 2.37. The minimum Gasteiger partial charge on any atom is -0.378 e. The third-order valence-electron chi connectivity index (χ3n) is 5.71. The predicted octanol–water partition coefficient (Wildman–Crippen LogP) is 4.49. The summed E-state index contributed by atoms with van der Waals surface area (Å²) in [5.41, 5.74) is 2.94. The molecular formula is C22H28O2. The maximum Gasteiger partial charge on any atom is 0.0655 e. The lowest BCUT2D eigenvalue weighted by molar-refractivity contribution is 0.0336. The summed E-state index contributed by atoms with van der Waals surface area (Å²) in [5.74, 6) is 1.43. The molecule has 4 rings (SSSR count). The second-order valence-corrected chi connectivity index (χ2v) is 7.44. The van der Waals surface area contributed by atoms with Gasteiger partial charge >= 0.3 is 0 Å². The summed E-state index contributed by atoms with van der Waals surface area (Å²) >= 11 is 0. The van der Waals surface area contributed by atoms with E-state index in [1.165, 1.54) is 24.0 Å². The van der Waals surface area contributed by atoms with Crippen LogP contribution in [0.2, 0.25) is 0 Å². The number of allylic oxidation sites excluding steroid dienone is 4. The maximum atomic E-state index is 6.09. The Morgan fingerprint density at radius 1 is 0.750 bits per heavy atom. The summed E-state index contributed by atoms with van der Waals surface area (Å²) in [6.07, 6.45) is 16.7. The van der Waals surface area contributed by atoms with E-state index in [4.69, 9.17) is 9.47 Å². The molecule has 0 radical (unpaired) electrons. The van der Waals surface area contributed by atoms with E-state index in [0.29, 0.717) is 24.0 Å². The highest BCUT2D eigenvalue weighted by Gasteiger charge is 2.32. The molecule has 0 spiro atoms. The van der Waals surface area contributed by atoms with Crippen molar-refractivity contribution in [3.63, 3.8) is 0 Å². The molecule has 1 aromatic rings. The zero-order valence-electron chi connectivity index (χ0n) is 14.4. The third-order valence-corrected chi connectivity index (χ3v) is 5.71. The van der Waals surface area contributed by atoms with Crippen LogP contribution < -0.4 is 0 Å². The van der Waals surface area contributed by atoms with Crippen LogP contribution in [0.5, 0.6) is 0 Å². The first-order valence-corrected chi connectivity index (χ1v) is 9.53. The van der Waals surface area contributed by atoms with Gasteiger partial charge < -0.3 is 9.47 Å². The molecule has 2 unspecified atom stereocenters. The molecule has 0 saturated heterocycles. The molecule has 2 heteroatoms. The Morgan fingerprint density at radius 2 is 1.29 bits per heavy atom. The standard InChI is InChI=1S/C22H28O2/c1-2-8-18-14-21(13-17(18)7-1)23-11-5-6-12-24-22-15-19-9-3-4-10-20(19)16-22/h1-4,7-10,17-18,21-22H,5-6,11-16H2. The fraction of sp³-hybridized carbons (Fsp3) is 0.545. The SMILES string of the molecule is C1=CC2CC(OCCCCOC3Cc4ccccc4C3)CC2C=C1. The molecule has 24 heavy (non-hydrogen) atoms. The molecule has 2 nitrogen and oxygen atoms in total. The molecule has 0 heterocycles. The Labute approximate surface area is 145 Å². The minimum atomic E-state index is 0.389. The van der Waals surface area contributed by atoms with Crippen molar-refractivity contribution in [1.82, 2.24) is 0 Å². The summed E-state index contributed by atoms with van der Waals surface area (Å²) < 4.78 is 12.2. The lowest BCUT2D eigenvalue weighted by Gasteiger charge is -2.13. The fourth-order valence-corrected chi connectivity index (χ4v) is 4.39. The van der Waals surface area contributed by atoms with Gasteiger partial charge in [0.25, 0.3) is 0 Å². The molecule has 1 aromatic carbocycles. The van der Waals surface area contributed by atoms with E-state index in [0.717, 1.165) is 38.9 Å². The molecule has 0 aromatic heterocycles. The zero-order valence-corrected chi connectivity index (χ0v) is 14.4. The van der Waals surface area contributed by atoms with Gasteiger partial charge in [-0.3, -0.25) is 0 Å². The maximum absolute atomic E-state index is 6.09. The molecule has 0 bridgehead atoms. The van der Waals surface area contributed by atoms with Gasteiger partial charge in [-0.05, 0) is 61.5 Å². The number of hydrogen-bond acceptors (Lipinski definition) is 2. The first-order valence-electron chi connectivity index (χ1n) is 9.53. The Bertz CT molecular complexity index is 559. The second kappa shape index (κ2) is 7.67. The highest BCUT2D eigenvalue weighted by molar-refractivity contribution is 5.32. The Balaban J connectivity index is 1.07. The molecule has 3 aliphatic carbocycles. The van der Waals surface area contributed by atoms with Crippen molar-refractivity contribution in [3.05, 3.63) is 59.7 Å². The van der Waals surface area contributed by atoms with Gasteiger partial charge in [-0.25, -0.2) is 0 Å². The first kappa shape index (κ1) is 16.1. The summed E-state index contributed by atoms with van der Waals surface area (Å²) in [4.78, 5) is 0. The number of rotatable bonds is 7. The Kier molecular flexibility index (Phi) is 5.15. The van der Waals surface area contributed by atoms with Crippen LogP contribution in [0, 0.1) is 11.8 Å². The molecule has 3 aliphatic rings. The normalized spacial score (nSPS) is 28.2. The highest BCUT2D eigenvalue weighted by atomic mass is 16.5. The van der Waals surface area contributed by atoms with Crippen LogP contribution in [0.3, 0.4) is 0 Å². The van der Waals surface area contributed by atoms with Crippen molar-refractivity contribution >= 4 is 0 Å². The van der Waals surface area contributed by atoms with Crippen LogP contribution in [0.25, 0.3) is 0 Å². The average molecular weight is 324 g/mol. The fourth-order valence-electron chi connectivity index (χ4n) is 4.39. The van der Waals surface area contributed by atoms with Crippen LogP contribution in [0.1, 0.15) is 36.8 Å². The molecule has 0 N–H and O–H groups in total. The van der Waals surface area contributed by atoms with E-state index in [9.17, 15) is 0 Å². The van der Waals surface area contributed by atoms with Gasteiger partial charge in [-0.15, -0.1) is 0 Å². The van der Waals surface area contributed by atoms with Gasteiger partial charge in [-0.2, -0.15) is 0 Å². The van der Waals surface area contributed by atoms with Crippen LogP contribution in [-0.2, 0) is 22.3 Å². The van der Waals surface area contributed by atoms with Crippen LogP contribution in [0.4, 0.5) is 0 Å². The van der Waals surface area contributed by atoms with Crippen molar-refractivity contribution < 1.29 is 9.47 Å².